The Morgan fingerprint density at radius 3 is 2.86 bits per heavy atom. The number of hydrogen-bond donors (Lipinski definition) is 1. The Labute approximate surface area is 123 Å². The number of carbonyl (C=O) groups is 1. The van der Waals surface area contributed by atoms with Gasteiger partial charge in [-0.1, -0.05) is 25.1 Å². The number of rotatable bonds is 3. The van der Waals surface area contributed by atoms with Crippen molar-refractivity contribution in [1.29, 1.82) is 0 Å². The average Bonchev–Trinajstić information content (AvgIpc) is 2.83. The number of benzene rings is 1. The number of aromatic nitrogens is 3. The minimum atomic E-state index is -0.0398. The molecule has 1 N–H and O–H groups in total. The molecule has 0 radical (unpaired) electrons. The first-order valence-electron chi connectivity index (χ1n) is 7.20. The maximum absolute atomic E-state index is 11.7. The number of nitrogens with one attached hydrogen (secondary N) is 1. The lowest BCUT2D eigenvalue weighted by atomic mass is 10.1. The van der Waals surface area contributed by atoms with Crippen LogP contribution >= 0.6 is 0 Å². The summed E-state index contributed by atoms with van der Waals surface area (Å²) in [5.74, 6) is 0.552. The van der Waals surface area contributed by atoms with Gasteiger partial charge in [0.05, 0.1) is 10.9 Å². The van der Waals surface area contributed by atoms with E-state index in [1.807, 2.05) is 43.7 Å². The number of pyridine rings is 1. The number of para-hydroxylation sites is 1. The fraction of sp³-hybridized carbons (Fsp3) is 0.312. The molecule has 3 aromatic rings. The average molecular weight is 282 g/mol. The van der Waals surface area contributed by atoms with Crippen molar-refractivity contribution in [2.45, 2.75) is 33.7 Å². The third-order valence-corrected chi connectivity index (χ3v) is 3.63. The minimum Gasteiger partial charge on any atom is -0.309 e. The summed E-state index contributed by atoms with van der Waals surface area (Å²) in [5, 5.41) is 9.27. The van der Waals surface area contributed by atoms with Gasteiger partial charge < -0.3 is 5.32 Å². The zero-order valence-corrected chi connectivity index (χ0v) is 12.5. The first-order chi connectivity index (χ1) is 10.1. The summed E-state index contributed by atoms with van der Waals surface area (Å²) in [7, 11) is 0. The Balaban J connectivity index is 2.28. The van der Waals surface area contributed by atoms with Gasteiger partial charge in [-0.3, -0.25) is 4.79 Å². The topological polar surface area (TPSA) is 59.8 Å². The van der Waals surface area contributed by atoms with E-state index < -0.39 is 0 Å². The van der Waals surface area contributed by atoms with Gasteiger partial charge in [-0.2, -0.15) is 5.10 Å². The molecule has 0 aliphatic rings. The molecule has 0 aliphatic heterocycles. The van der Waals surface area contributed by atoms with Crippen molar-refractivity contribution in [3.8, 4) is 0 Å². The van der Waals surface area contributed by atoms with Crippen molar-refractivity contribution in [2.75, 3.05) is 5.32 Å². The maximum Gasteiger partial charge on any atom is 0.225 e. The second-order valence-corrected chi connectivity index (χ2v) is 5.07. The monoisotopic (exact) mass is 282 g/mol. The van der Waals surface area contributed by atoms with E-state index in [0.29, 0.717) is 18.8 Å². The number of carbonyl (C=O) groups excluding carboxylic acids is 1. The number of nitrogens with zero attached hydrogens (tertiary/aromatic N) is 3. The molecule has 0 spiro atoms. The summed E-state index contributed by atoms with van der Waals surface area (Å²) >= 11 is 0. The van der Waals surface area contributed by atoms with E-state index in [-0.39, 0.29) is 5.91 Å². The van der Waals surface area contributed by atoms with Gasteiger partial charge in [0, 0.05) is 18.4 Å². The van der Waals surface area contributed by atoms with Crippen LogP contribution in [0.25, 0.3) is 21.9 Å². The molecular formula is C16H18N4O. The normalized spacial score (nSPS) is 11.2. The Morgan fingerprint density at radius 2 is 2.14 bits per heavy atom. The molecule has 5 nitrogen and oxygen atoms in total. The van der Waals surface area contributed by atoms with Crippen molar-refractivity contribution in [2.24, 2.45) is 0 Å². The molecule has 3 rings (SSSR count). The lowest BCUT2D eigenvalue weighted by Crippen LogP contribution is -2.10. The van der Waals surface area contributed by atoms with E-state index in [4.69, 9.17) is 4.98 Å². The van der Waals surface area contributed by atoms with E-state index in [0.717, 1.165) is 27.5 Å². The van der Waals surface area contributed by atoms with Gasteiger partial charge in [-0.25, -0.2) is 9.67 Å². The fourth-order valence-electron chi connectivity index (χ4n) is 2.46. The Kier molecular flexibility index (Phi) is 3.33. The molecule has 0 atom stereocenters. The first-order valence-corrected chi connectivity index (χ1v) is 7.20. The second-order valence-electron chi connectivity index (χ2n) is 5.07. The van der Waals surface area contributed by atoms with Crippen LogP contribution < -0.4 is 5.32 Å². The molecule has 0 fully saturated rings. The lowest BCUT2D eigenvalue weighted by molar-refractivity contribution is -0.115. The highest BCUT2D eigenvalue weighted by Gasteiger charge is 2.14. The van der Waals surface area contributed by atoms with Crippen LogP contribution in [0.5, 0.6) is 0 Å². The number of aryl methyl sites for hydroxylation is 2. The van der Waals surface area contributed by atoms with Crippen LogP contribution in [0, 0.1) is 6.92 Å². The molecule has 21 heavy (non-hydrogen) atoms. The van der Waals surface area contributed by atoms with Crippen LogP contribution in [0.15, 0.2) is 24.3 Å². The van der Waals surface area contributed by atoms with Crippen LogP contribution in [-0.2, 0) is 11.3 Å². The molecule has 1 aromatic carbocycles. The molecule has 0 aliphatic carbocycles. The van der Waals surface area contributed by atoms with E-state index >= 15 is 0 Å². The second kappa shape index (κ2) is 5.16. The standard InChI is InChI=1S/C16H18N4O/c1-4-13(21)17-15-12-9-11-8-6-7-10(3)14(11)18-16(12)20(5-2)19-15/h6-9H,4-5H2,1-3H3,(H,17,19,21). The molecule has 0 bridgehead atoms. The minimum absolute atomic E-state index is 0.0398. The number of anilines is 1. The Hall–Kier alpha value is -2.43. The highest BCUT2D eigenvalue weighted by molar-refractivity contribution is 6.02. The summed E-state index contributed by atoms with van der Waals surface area (Å²) in [4.78, 5) is 16.4. The molecule has 2 aromatic heterocycles. The van der Waals surface area contributed by atoms with Gasteiger partial charge in [0.1, 0.15) is 0 Å². The van der Waals surface area contributed by atoms with Crippen LogP contribution in [0.4, 0.5) is 5.82 Å². The van der Waals surface area contributed by atoms with Crippen molar-refractivity contribution in [3.05, 3.63) is 29.8 Å². The Morgan fingerprint density at radius 1 is 1.33 bits per heavy atom. The van der Waals surface area contributed by atoms with Crippen LogP contribution in [-0.4, -0.2) is 20.7 Å². The zero-order valence-electron chi connectivity index (χ0n) is 12.5. The molecule has 0 saturated carbocycles. The molecule has 108 valence electrons. The van der Waals surface area contributed by atoms with Gasteiger partial charge in [-0.05, 0) is 25.5 Å². The fourth-order valence-corrected chi connectivity index (χ4v) is 2.46. The smallest absolute Gasteiger partial charge is 0.225 e. The summed E-state index contributed by atoms with van der Waals surface area (Å²) in [6.45, 7) is 6.60. The third kappa shape index (κ3) is 2.24. The van der Waals surface area contributed by atoms with Gasteiger partial charge in [0.15, 0.2) is 11.5 Å². The van der Waals surface area contributed by atoms with Gasteiger partial charge in [0.2, 0.25) is 5.91 Å². The maximum atomic E-state index is 11.7. The van der Waals surface area contributed by atoms with Gasteiger partial charge in [0.25, 0.3) is 0 Å². The quantitative estimate of drug-likeness (QED) is 0.802. The van der Waals surface area contributed by atoms with E-state index in [1.165, 1.54) is 0 Å². The summed E-state index contributed by atoms with van der Waals surface area (Å²) in [6, 6.07) is 8.14. The van der Waals surface area contributed by atoms with Crippen molar-refractivity contribution < 1.29 is 4.79 Å². The summed E-state index contributed by atoms with van der Waals surface area (Å²) in [6.07, 6.45) is 0.431. The van der Waals surface area contributed by atoms with Crippen LogP contribution in [0.3, 0.4) is 0 Å². The highest BCUT2D eigenvalue weighted by Crippen LogP contribution is 2.27. The molecule has 0 unspecified atom stereocenters. The van der Waals surface area contributed by atoms with Gasteiger partial charge in [-0.15, -0.1) is 0 Å². The summed E-state index contributed by atoms with van der Waals surface area (Å²) in [5.41, 5.74) is 2.93. The van der Waals surface area contributed by atoms with E-state index in [2.05, 4.69) is 16.5 Å². The van der Waals surface area contributed by atoms with Crippen LogP contribution in [0.2, 0.25) is 0 Å². The van der Waals surface area contributed by atoms with Crippen molar-refractivity contribution in [3.63, 3.8) is 0 Å². The highest BCUT2D eigenvalue weighted by atomic mass is 16.1. The van der Waals surface area contributed by atoms with Crippen molar-refractivity contribution in [1.82, 2.24) is 14.8 Å². The van der Waals surface area contributed by atoms with Gasteiger partial charge >= 0.3 is 0 Å². The molecule has 1 amide bonds. The van der Waals surface area contributed by atoms with Crippen LogP contribution in [0.1, 0.15) is 25.8 Å². The lowest BCUT2D eigenvalue weighted by Gasteiger charge is -2.03. The molecule has 5 heteroatoms. The Bertz CT molecular complexity index is 835. The number of hydrogen-bond acceptors (Lipinski definition) is 3. The predicted octanol–water partition coefficient (Wildman–Crippen LogP) is 3.26. The number of fused-ring (bicyclic) bond motifs is 2. The molecule has 2 heterocycles. The predicted molar refractivity (Wildman–Crippen MR) is 84.4 cm³/mol. The number of amides is 1. The molecular weight excluding hydrogens is 264 g/mol. The van der Waals surface area contributed by atoms with E-state index in [9.17, 15) is 4.79 Å². The van der Waals surface area contributed by atoms with E-state index in [1.54, 1.807) is 0 Å². The largest absolute Gasteiger partial charge is 0.309 e. The summed E-state index contributed by atoms with van der Waals surface area (Å²) < 4.78 is 1.83. The zero-order chi connectivity index (χ0) is 15.0. The van der Waals surface area contributed by atoms with Crippen molar-refractivity contribution >= 4 is 33.7 Å². The first kappa shape index (κ1) is 13.5. The molecule has 0 saturated heterocycles. The SMILES string of the molecule is CCC(=O)Nc1nn(CC)c2nc3c(C)cccc3cc12. The third-order valence-electron chi connectivity index (χ3n) is 3.63.